The van der Waals surface area contributed by atoms with Crippen molar-refractivity contribution >= 4 is 27.7 Å². The molecule has 9 nitrogen and oxygen atoms in total. The van der Waals surface area contributed by atoms with E-state index in [1.165, 1.54) is 31.4 Å². The third-order valence-electron chi connectivity index (χ3n) is 6.38. The van der Waals surface area contributed by atoms with E-state index in [2.05, 4.69) is 10.3 Å². The number of halogens is 1. The first-order valence-corrected chi connectivity index (χ1v) is 13.4. The van der Waals surface area contributed by atoms with Gasteiger partial charge in [0.15, 0.2) is 0 Å². The smallest absolute Gasteiger partial charge is 0.304 e. The first-order valence-electron chi connectivity index (χ1n) is 11.9. The van der Waals surface area contributed by atoms with Gasteiger partial charge >= 0.3 is 5.97 Å². The summed E-state index contributed by atoms with van der Waals surface area (Å²) in [6.45, 7) is -0.0383. The number of nitrogens with one attached hydrogen (secondary N) is 1. The van der Waals surface area contributed by atoms with Crippen LogP contribution >= 0.6 is 0 Å². The summed E-state index contributed by atoms with van der Waals surface area (Å²) >= 11 is 0. The van der Waals surface area contributed by atoms with Gasteiger partial charge in [0.05, 0.1) is 30.0 Å². The molecule has 1 aromatic carbocycles. The van der Waals surface area contributed by atoms with Gasteiger partial charge in [-0.05, 0) is 42.2 Å². The number of rotatable bonds is 13. The van der Waals surface area contributed by atoms with E-state index in [1.54, 1.807) is 12.1 Å². The Balaban J connectivity index is 1.83. The molecule has 0 saturated heterocycles. The van der Waals surface area contributed by atoms with Crippen LogP contribution in [0.15, 0.2) is 47.5 Å². The van der Waals surface area contributed by atoms with Crippen LogP contribution in [0, 0.1) is 11.7 Å². The van der Waals surface area contributed by atoms with Crippen molar-refractivity contribution in [1.29, 1.82) is 0 Å². The van der Waals surface area contributed by atoms with Crippen molar-refractivity contribution in [2.75, 3.05) is 32.1 Å². The van der Waals surface area contributed by atoms with E-state index in [0.717, 1.165) is 36.2 Å². The summed E-state index contributed by atoms with van der Waals surface area (Å²) in [5.74, 6) is -1.81. The van der Waals surface area contributed by atoms with Crippen LogP contribution in [0.4, 0.5) is 10.2 Å². The molecule has 0 bridgehead atoms. The lowest BCUT2D eigenvalue weighted by Crippen LogP contribution is -2.35. The number of amides is 1. The summed E-state index contributed by atoms with van der Waals surface area (Å²) in [6, 6.07) is 8.73. The van der Waals surface area contributed by atoms with E-state index in [0.29, 0.717) is 17.9 Å². The molecular weight excluding hydrogens is 489 g/mol. The van der Waals surface area contributed by atoms with Gasteiger partial charge in [0.2, 0.25) is 15.9 Å². The number of carbonyl (C=O) groups is 2. The van der Waals surface area contributed by atoms with E-state index in [9.17, 15) is 22.4 Å². The van der Waals surface area contributed by atoms with E-state index < -0.39 is 27.7 Å². The molecule has 2 N–H and O–H groups in total. The Hall–Kier alpha value is -2.89. The zero-order valence-electron chi connectivity index (χ0n) is 20.2. The van der Waals surface area contributed by atoms with Crippen LogP contribution in [0.25, 0.3) is 0 Å². The minimum absolute atomic E-state index is 0.00738. The molecule has 0 aliphatic heterocycles. The minimum atomic E-state index is -3.96. The number of anilines is 1. The molecule has 2 aromatic rings. The number of pyridine rings is 1. The van der Waals surface area contributed by atoms with Crippen LogP contribution in [0.1, 0.15) is 50.0 Å². The molecule has 11 heteroatoms. The number of benzene rings is 1. The van der Waals surface area contributed by atoms with Gasteiger partial charge in [-0.3, -0.25) is 9.59 Å². The van der Waals surface area contributed by atoms with Crippen molar-refractivity contribution in [2.24, 2.45) is 5.92 Å². The van der Waals surface area contributed by atoms with Crippen molar-refractivity contribution in [3.63, 3.8) is 0 Å². The maximum absolute atomic E-state index is 13.2. The fourth-order valence-electron chi connectivity index (χ4n) is 4.42. The van der Waals surface area contributed by atoms with E-state index in [-0.39, 0.29) is 42.7 Å². The van der Waals surface area contributed by atoms with Crippen LogP contribution in [0.3, 0.4) is 0 Å². The molecule has 0 radical (unpaired) electrons. The summed E-state index contributed by atoms with van der Waals surface area (Å²) in [7, 11) is -2.52. The minimum Gasteiger partial charge on any atom is -0.481 e. The van der Waals surface area contributed by atoms with E-state index >= 15 is 0 Å². The summed E-state index contributed by atoms with van der Waals surface area (Å²) < 4.78 is 45.6. The van der Waals surface area contributed by atoms with Crippen LogP contribution in [0.2, 0.25) is 0 Å². The van der Waals surface area contributed by atoms with Gasteiger partial charge < -0.3 is 15.2 Å². The zero-order valence-corrected chi connectivity index (χ0v) is 21.0. The normalized spacial score (nSPS) is 15.2. The number of carboxylic acids is 1. The number of hydrogen-bond acceptors (Lipinski definition) is 6. The Labute approximate surface area is 210 Å². The van der Waals surface area contributed by atoms with E-state index in [4.69, 9.17) is 9.84 Å². The molecule has 36 heavy (non-hydrogen) atoms. The number of sulfonamides is 1. The molecule has 1 aliphatic carbocycles. The molecule has 1 heterocycles. The van der Waals surface area contributed by atoms with Crippen molar-refractivity contribution in [3.05, 3.63) is 54.0 Å². The molecule has 0 unspecified atom stereocenters. The van der Waals surface area contributed by atoms with Gasteiger partial charge in [-0.2, -0.15) is 4.31 Å². The Morgan fingerprint density at radius 3 is 2.44 bits per heavy atom. The second-order valence-electron chi connectivity index (χ2n) is 8.90. The van der Waals surface area contributed by atoms with Gasteiger partial charge in [0.25, 0.3) is 0 Å². The standard InChI is InChI=1S/C25H32FN3O6S/c1-35-15-14-29(13-12-24(30)31)36(33,34)21-9-6-19(7-10-21)22(16-18-4-2-3-5-18)25(32)28-23-11-8-20(26)17-27-23/h6-11,17-18,22H,2-5,12-16H2,1H3,(H,30,31)(H,27,28,32)/t22-/m1/s1. The molecule has 1 fully saturated rings. The second-order valence-corrected chi connectivity index (χ2v) is 10.8. The second kappa shape index (κ2) is 12.9. The number of ether oxygens (including phenoxy) is 1. The SMILES string of the molecule is COCCN(CCC(=O)O)S(=O)(=O)c1ccc([C@@H](CC2CCCC2)C(=O)Nc2ccc(F)cn2)cc1. The Morgan fingerprint density at radius 1 is 1.17 bits per heavy atom. The monoisotopic (exact) mass is 521 g/mol. The first kappa shape index (κ1) is 27.7. The molecule has 1 aliphatic rings. The van der Waals surface area contributed by atoms with Crippen LogP contribution in [0.5, 0.6) is 0 Å². The zero-order chi connectivity index (χ0) is 26.1. The molecular formula is C25H32FN3O6S. The average Bonchev–Trinajstić information content (AvgIpc) is 3.37. The van der Waals surface area contributed by atoms with Crippen molar-refractivity contribution in [1.82, 2.24) is 9.29 Å². The largest absolute Gasteiger partial charge is 0.481 e. The van der Waals surface area contributed by atoms with Crippen molar-refractivity contribution in [2.45, 2.75) is 49.3 Å². The van der Waals surface area contributed by atoms with Gasteiger partial charge in [0.1, 0.15) is 11.6 Å². The highest BCUT2D eigenvalue weighted by Gasteiger charge is 2.29. The van der Waals surface area contributed by atoms with Crippen LogP contribution < -0.4 is 5.32 Å². The number of nitrogens with zero attached hydrogens (tertiary/aromatic N) is 2. The molecule has 1 atom stereocenters. The Morgan fingerprint density at radius 2 is 1.86 bits per heavy atom. The maximum atomic E-state index is 13.2. The predicted molar refractivity (Wildman–Crippen MR) is 131 cm³/mol. The maximum Gasteiger partial charge on any atom is 0.304 e. The van der Waals surface area contributed by atoms with Crippen molar-refractivity contribution < 1.29 is 32.2 Å². The third-order valence-corrected chi connectivity index (χ3v) is 8.29. The van der Waals surface area contributed by atoms with Gasteiger partial charge in [-0.15, -0.1) is 0 Å². The Bertz CT molecular complexity index is 1120. The lowest BCUT2D eigenvalue weighted by Gasteiger charge is -2.23. The number of aliphatic carboxylic acids is 1. The topological polar surface area (TPSA) is 126 Å². The summed E-state index contributed by atoms with van der Waals surface area (Å²) in [4.78, 5) is 28.1. The number of hydrogen-bond donors (Lipinski definition) is 2. The predicted octanol–water partition coefficient (Wildman–Crippen LogP) is 3.64. The summed E-state index contributed by atoms with van der Waals surface area (Å²) in [6.07, 6.45) is 5.60. The number of carbonyl (C=O) groups excluding carboxylic acids is 1. The number of aromatic nitrogens is 1. The van der Waals surface area contributed by atoms with Crippen LogP contribution in [-0.2, 0) is 24.3 Å². The summed E-state index contributed by atoms with van der Waals surface area (Å²) in [5, 5.41) is 11.7. The molecule has 3 rings (SSSR count). The highest BCUT2D eigenvalue weighted by Crippen LogP contribution is 2.35. The van der Waals surface area contributed by atoms with Gasteiger partial charge in [-0.25, -0.2) is 17.8 Å². The van der Waals surface area contributed by atoms with Crippen LogP contribution in [-0.4, -0.2) is 61.5 Å². The number of carboxylic acid groups (broad SMARTS) is 1. The highest BCUT2D eigenvalue weighted by atomic mass is 32.2. The van der Waals surface area contributed by atoms with Gasteiger partial charge in [0, 0.05) is 20.2 Å². The number of methoxy groups -OCH3 is 1. The van der Waals surface area contributed by atoms with Crippen molar-refractivity contribution in [3.8, 4) is 0 Å². The van der Waals surface area contributed by atoms with E-state index in [1.807, 2.05) is 0 Å². The fraction of sp³-hybridized carbons (Fsp3) is 0.480. The molecule has 1 aromatic heterocycles. The Kier molecular flexibility index (Phi) is 9.91. The van der Waals surface area contributed by atoms with Gasteiger partial charge in [-0.1, -0.05) is 37.8 Å². The fourth-order valence-corrected chi connectivity index (χ4v) is 5.85. The first-order chi connectivity index (χ1) is 17.2. The third kappa shape index (κ3) is 7.55. The molecule has 1 amide bonds. The molecule has 196 valence electrons. The lowest BCUT2D eigenvalue weighted by atomic mass is 9.87. The highest BCUT2D eigenvalue weighted by molar-refractivity contribution is 7.89. The molecule has 0 spiro atoms. The average molecular weight is 522 g/mol. The molecule has 1 saturated carbocycles. The quantitative estimate of drug-likeness (QED) is 0.412. The summed E-state index contributed by atoms with van der Waals surface area (Å²) in [5.41, 5.74) is 0.662. The lowest BCUT2D eigenvalue weighted by molar-refractivity contribution is -0.137.